The molecule has 0 unspecified atom stereocenters. The summed E-state index contributed by atoms with van der Waals surface area (Å²) < 4.78 is 43.9. The van der Waals surface area contributed by atoms with Gasteiger partial charge in [0.1, 0.15) is 11.6 Å². The molecule has 2 aromatic rings. The maximum absolute atomic E-state index is 13.6. The smallest absolute Gasteiger partial charge is 0.232 e. The Hall–Kier alpha value is -2.61. The van der Waals surface area contributed by atoms with Crippen molar-refractivity contribution >= 4 is 21.6 Å². The molecule has 8 heteroatoms. The molecule has 2 aromatic carbocycles. The summed E-state index contributed by atoms with van der Waals surface area (Å²) in [5, 5.41) is 2.62. The molecule has 1 amide bonds. The summed E-state index contributed by atoms with van der Waals surface area (Å²) in [6.07, 6.45) is 0.993. The van der Waals surface area contributed by atoms with Crippen LogP contribution in [0, 0.1) is 5.82 Å². The third-order valence-corrected chi connectivity index (χ3v) is 4.90. The fourth-order valence-electron chi connectivity index (χ4n) is 2.41. The van der Waals surface area contributed by atoms with Gasteiger partial charge in [0.25, 0.3) is 0 Å². The molecule has 0 heterocycles. The van der Waals surface area contributed by atoms with Gasteiger partial charge >= 0.3 is 0 Å². The summed E-state index contributed by atoms with van der Waals surface area (Å²) in [4.78, 5) is 12.0. The number of benzene rings is 2. The van der Waals surface area contributed by atoms with Crippen molar-refractivity contribution in [2.24, 2.45) is 0 Å². The molecule has 0 saturated carbocycles. The Balaban J connectivity index is 1.97. The first-order valence-corrected chi connectivity index (χ1v) is 9.78. The molecule has 0 atom stereocenters. The molecular weight excluding hydrogens is 359 g/mol. The van der Waals surface area contributed by atoms with E-state index >= 15 is 0 Å². The van der Waals surface area contributed by atoms with E-state index in [1.165, 1.54) is 23.5 Å². The number of carbonyl (C=O) groups excluding carboxylic acids is 1. The lowest BCUT2D eigenvalue weighted by atomic mass is 10.1. The van der Waals surface area contributed by atoms with E-state index in [0.717, 1.165) is 6.26 Å². The predicted molar refractivity (Wildman–Crippen MR) is 98.3 cm³/mol. The monoisotopic (exact) mass is 380 g/mol. The first-order valence-electron chi connectivity index (χ1n) is 7.93. The van der Waals surface area contributed by atoms with E-state index in [1.807, 2.05) is 0 Å². The van der Waals surface area contributed by atoms with Gasteiger partial charge in [-0.25, -0.2) is 12.8 Å². The molecule has 0 bridgehead atoms. The van der Waals surface area contributed by atoms with Gasteiger partial charge in [0, 0.05) is 6.54 Å². The van der Waals surface area contributed by atoms with E-state index in [-0.39, 0.29) is 25.4 Å². The first-order chi connectivity index (χ1) is 12.3. The standard InChI is InChI=1S/C18H21FN2O4S/c1-25-16-9-7-15(8-10-16)21(26(2,23)24)12-11-20-18(22)13-14-5-3-4-6-17(14)19/h3-10H,11-13H2,1-2H3,(H,20,22). The lowest BCUT2D eigenvalue weighted by Crippen LogP contribution is -2.38. The Labute approximate surface area is 152 Å². The van der Waals surface area contributed by atoms with Crippen molar-refractivity contribution in [3.8, 4) is 5.75 Å². The summed E-state index contributed by atoms with van der Waals surface area (Å²) in [5.74, 6) is -0.211. The molecule has 26 heavy (non-hydrogen) atoms. The second-order valence-electron chi connectivity index (χ2n) is 5.65. The lowest BCUT2D eigenvalue weighted by molar-refractivity contribution is -0.120. The molecule has 6 nitrogen and oxygen atoms in total. The van der Waals surface area contributed by atoms with Gasteiger partial charge in [-0.2, -0.15) is 0 Å². The third kappa shape index (κ3) is 5.45. The number of anilines is 1. The molecule has 0 aliphatic rings. The van der Waals surface area contributed by atoms with Crippen LogP contribution >= 0.6 is 0 Å². The van der Waals surface area contributed by atoms with Crippen molar-refractivity contribution in [1.29, 1.82) is 0 Å². The van der Waals surface area contributed by atoms with E-state index in [1.54, 1.807) is 36.4 Å². The Morgan fingerprint density at radius 3 is 2.38 bits per heavy atom. The molecule has 0 saturated heterocycles. The topological polar surface area (TPSA) is 75.7 Å². The number of nitrogens with one attached hydrogen (secondary N) is 1. The van der Waals surface area contributed by atoms with Gasteiger partial charge in [-0.1, -0.05) is 18.2 Å². The Kier molecular flexibility index (Phi) is 6.57. The minimum Gasteiger partial charge on any atom is -0.497 e. The molecule has 0 aliphatic carbocycles. The van der Waals surface area contributed by atoms with Crippen LogP contribution in [0.15, 0.2) is 48.5 Å². The fraction of sp³-hybridized carbons (Fsp3) is 0.278. The van der Waals surface area contributed by atoms with Crippen LogP contribution in [0.3, 0.4) is 0 Å². The number of carbonyl (C=O) groups is 1. The van der Waals surface area contributed by atoms with Gasteiger partial charge in [-0.05, 0) is 35.9 Å². The highest BCUT2D eigenvalue weighted by Crippen LogP contribution is 2.21. The van der Waals surface area contributed by atoms with Crippen molar-refractivity contribution in [2.45, 2.75) is 6.42 Å². The summed E-state index contributed by atoms with van der Waals surface area (Å²) in [7, 11) is -2.00. The summed E-state index contributed by atoms with van der Waals surface area (Å²) in [6, 6.07) is 12.6. The van der Waals surface area contributed by atoms with Crippen LogP contribution in [0.2, 0.25) is 0 Å². The Bertz CT molecular complexity index is 854. The normalized spacial score (nSPS) is 11.0. The second-order valence-corrected chi connectivity index (χ2v) is 7.56. The van der Waals surface area contributed by atoms with Crippen LogP contribution in [0.25, 0.3) is 0 Å². The number of nitrogens with zero attached hydrogens (tertiary/aromatic N) is 1. The minimum absolute atomic E-state index is 0.0637. The number of hydrogen-bond acceptors (Lipinski definition) is 4. The predicted octanol–water partition coefficient (Wildman–Crippen LogP) is 1.96. The maximum atomic E-state index is 13.6. The van der Waals surface area contributed by atoms with Crippen LogP contribution in [0.1, 0.15) is 5.56 Å². The van der Waals surface area contributed by atoms with Crippen LogP contribution < -0.4 is 14.4 Å². The quantitative estimate of drug-likeness (QED) is 0.760. The van der Waals surface area contributed by atoms with Crippen LogP contribution in [0.5, 0.6) is 5.75 Å². The zero-order valence-electron chi connectivity index (χ0n) is 14.6. The minimum atomic E-state index is -3.52. The van der Waals surface area contributed by atoms with Crippen LogP contribution in [-0.4, -0.2) is 40.8 Å². The molecule has 0 aliphatic heterocycles. The lowest BCUT2D eigenvalue weighted by Gasteiger charge is -2.22. The third-order valence-electron chi connectivity index (χ3n) is 3.71. The maximum Gasteiger partial charge on any atom is 0.232 e. The van der Waals surface area contributed by atoms with Gasteiger partial charge < -0.3 is 10.1 Å². The number of rotatable bonds is 8. The Morgan fingerprint density at radius 1 is 1.15 bits per heavy atom. The van der Waals surface area contributed by atoms with Crippen molar-refractivity contribution < 1.29 is 22.3 Å². The number of hydrogen-bond donors (Lipinski definition) is 1. The van der Waals surface area contributed by atoms with E-state index < -0.39 is 15.8 Å². The highest BCUT2D eigenvalue weighted by atomic mass is 32.2. The second kappa shape index (κ2) is 8.66. The number of methoxy groups -OCH3 is 1. The van der Waals surface area contributed by atoms with Gasteiger partial charge in [-0.15, -0.1) is 0 Å². The fourth-order valence-corrected chi connectivity index (χ4v) is 3.34. The van der Waals surface area contributed by atoms with Crippen molar-refractivity contribution in [2.75, 3.05) is 30.8 Å². The first kappa shape index (κ1) is 19.7. The largest absolute Gasteiger partial charge is 0.497 e. The van der Waals surface area contributed by atoms with Gasteiger partial charge in [0.05, 0.1) is 32.0 Å². The van der Waals surface area contributed by atoms with Crippen molar-refractivity contribution in [3.63, 3.8) is 0 Å². The van der Waals surface area contributed by atoms with Crippen molar-refractivity contribution in [1.82, 2.24) is 5.32 Å². The molecule has 0 radical (unpaired) electrons. The van der Waals surface area contributed by atoms with E-state index in [9.17, 15) is 17.6 Å². The molecule has 140 valence electrons. The molecule has 0 fully saturated rings. The molecule has 0 aromatic heterocycles. The summed E-state index contributed by atoms with van der Waals surface area (Å²) in [6.45, 7) is 0.167. The number of amides is 1. The number of ether oxygens (including phenoxy) is 1. The van der Waals surface area contributed by atoms with E-state index in [4.69, 9.17) is 4.74 Å². The molecule has 2 rings (SSSR count). The SMILES string of the molecule is COc1ccc(N(CCNC(=O)Cc2ccccc2F)S(C)(=O)=O)cc1. The average Bonchev–Trinajstić information content (AvgIpc) is 2.60. The zero-order valence-corrected chi connectivity index (χ0v) is 15.4. The van der Waals surface area contributed by atoms with Gasteiger partial charge in [0.15, 0.2) is 0 Å². The molecule has 0 spiro atoms. The summed E-state index contributed by atoms with van der Waals surface area (Å²) >= 11 is 0. The van der Waals surface area contributed by atoms with E-state index in [2.05, 4.69) is 5.32 Å². The highest BCUT2D eigenvalue weighted by Gasteiger charge is 2.17. The number of halogens is 1. The van der Waals surface area contributed by atoms with Crippen molar-refractivity contribution in [3.05, 3.63) is 59.9 Å². The highest BCUT2D eigenvalue weighted by molar-refractivity contribution is 7.92. The van der Waals surface area contributed by atoms with Gasteiger partial charge in [0.2, 0.25) is 15.9 Å². The van der Waals surface area contributed by atoms with E-state index in [0.29, 0.717) is 17.0 Å². The van der Waals surface area contributed by atoms with Crippen LogP contribution in [0.4, 0.5) is 10.1 Å². The average molecular weight is 380 g/mol. The van der Waals surface area contributed by atoms with Crippen LogP contribution in [-0.2, 0) is 21.2 Å². The molecular formula is C18H21FN2O4S. The Morgan fingerprint density at radius 2 is 1.81 bits per heavy atom. The van der Waals surface area contributed by atoms with Gasteiger partial charge in [-0.3, -0.25) is 9.10 Å². The zero-order chi connectivity index (χ0) is 19.2. The summed E-state index contributed by atoms with van der Waals surface area (Å²) in [5.41, 5.74) is 0.761. The number of sulfonamides is 1. The molecule has 1 N–H and O–H groups in total.